The van der Waals surface area contributed by atoms with Gasteiger partial charge in [0.05, 0.1) is 7.11 Å². The Morgan fingerprint density at radius 2 is 2.00 bits per heavy atom. The summed E-state index contributed by atoms with van der Waals surface area (Å²) in [4.78, 5) is 1.95. The van der Waals surface area contributed by atoms with Gasteiger partial charge in [-0.3, -0.25) is 0 Å². The van der Waals surface area contributed by atoms with Gasteiger partial charge in [0.1, 0.15) is 11.6 Å². The van der Waals surface area contributed by atoms with E-state index in [1.54, 1.807) is 13.2 Å². The Balaban J connectivity index is 3.21. The van der Waals surface area contributed by atoms with Crippen molar-refractivity contribution < 1.29 is 9.13 Å². The van der Waals surface area contributed by atoms with Crippen molar-refractivity contribution in [3.8, 4) is 5.75 Å². The van der Waals surface area contributed by atoms with Crippen LogP contribution in [-0.2, 0) is 13.1 Å². The number of benzene rings is 1. The molecule has 0 bridgehead atoms. The van der Waals surface area contributed by atoms with Crippen molar-refractivity contribution in [2.24, 2.45) is 5.73 Å². The third-order valence-electron chi connectivity index (χ3n) is 2.23. The third kappa shape index (κ3) is 2.67. The fraction of sp³-hybridized carbons (Fsp3) is 0.455. The number of ether oxygens (including phenoxy) is 1. The SMILES string of the molecule is COc1ccc(F)c(CN)c1CN(C)C. The molecule has 1 aromatic rings. The maximum absolute atomic E-state index is 13.5. The number of hydrogen-bond donors (Lipinski definition) is 1. The zero-order chi connectivity index (χ0) is 11.4. The summed E-state index contributed by atoms with van der Waals surface area (Å²) in [7, 11) is 5.42. The van der Waals surface area contributed by atoms with Gasteiger partial charge in [-0.15, -0.1) is 0 Å². The monoisotopic (exact) mass is 212 g/mol. The Bertz CT molecular complexity index is 340. The van der Waals surface area contributed by atoms with Gasteiger partial charge in [-0.2, -0.15) is 0 Å². The lowest BCUT2D eigenvalue weighted by atomic mass is 10.1. The van der Waals surface area contributed by atoms with E-state index in [4.69, 9.17) is 10.5 Å². The molecule has 0 unspecified atom stereocenters. The van der Waals surface area contributed by atoms with Gasteiger partial charge in [-0.25, -0.2) is 4.39 Å². The lowest BCUT2D eigenvalue weighted by molar-refractivity contribution is 0.368. The molecule has 2 N–H and O–H groups in total. The van der Waals surface area contributed by atoms with Crippen LogP contribution in [0.5, 0.6) is 5.75 Å². The fourth-order valence-electron chi connectivity index (χ4n) is 1.54. The molecule has 4 heteroatoms. The summed E-state index contributed by atoms with van der Waals surface area (Å²) >= 11 is 0. The smallest absolute Gasteiger partial charge is 0.128 e. The molecule has 0 heterocycles. The highest BCUT2D eigenvalue weighted by Gasteiger charge is 2.13. The van der Waals surface area contributed by atoms with Crippen LogP contribution in [0.2, 0.25) is 0 Å². The Labute approximate surface area is 89.6 Å². The van der Waals surface area contributed by atoms with Gasteiger partial charge < -0.3 is 15.4 Å². The standard InChI is InChI=1S/C11H17FN2O/c1-14(2)7-9-8(6-13)10(12)4-5-11(9)15-3/h4-5H,6-7,13H2,1-3H3. The molecule has 1 rings (SSSR count). The molecule has 0 aliphatic carbocycles. The predicted octanol–water partition coefficient (Wildman–Crippen LogP) is 1.35. The summed E-state index contributed by atoms with van der Waals surface area (Å²) in [5.41, 5.74) is 6.89. The fourth-order valence-corrected chi connectivity index (χ4v) is 1.54. The molecule has 3 nitrogen and oxygen atoms in total. The summed E-state index contributed by atoms with van der Waals surface area (Å²) < 4.78 is 18.7. The molecular formula is C11H17FN2O. The van der Waals surface area contributed by atoms with Gasteiger partial charge >= 0.3 is 0 Å². The molecule has 0 saturated carbocycles. The minimum atomic E-state index is -0.268. The van der Waals surface area contributed by atoms with Gasteiger partial charge in [0.15, 0.2) is 0 Å². The van der Waals surface area contributed by atoms with Crippen molar-refractivity contribution in [1.29, 1.82) is 0 Å². The number of halogens is 1. The molecule has 0 aliphatic heterocycles. The van der Waals surface area contributed by atoms with Crippen LogP contribution in [0, 0.1) is 5.82 Å². The molecule has 0 aromatic heterocycles. The van der Waals surface area contributed by atoms with E-state index in [1.165, 1.54) is 6.07 Å². The van der Waals surface area contributed by atoms with E-state index < -0.39 is 0 Å². The molecule has 0 atom stereocenters. The van der Waals surface area contributed by atoms with Crippen LogP contribution in [0.25, 0.3) is 0 Å². The highest BCUT2D eigenvalue weighted by Crippen LogP contribution is 2.25. The van der Waals surface area contributed by atoms with Crippen LogP contribution in [0.1, 0.15) is 11.1 Å². The number of rotatable bonds is 4. The highest BCUT2D eigenvalue weighted by atomic mass is 19.1. The topological polar surface area (TPSA) is 38.5 Å². The zero-order valence-electron chi connectivity index (χ0n) is 9.38. The van der Waals surface area contributed by atoms with Crippen molar-refractivity contribution in [3.05, 3.63) is 29.1 Å². The Morgan fingerprint density at radius 1 is 1.33 bits per heavy atom. The van der Waals surface area contributed by atoms with Crippen LogP contribution < -0.4 is 10.5 Å². The van der Waals surface area contributed by atoms with E-state index in [-0.39, 0.29) is 12.4 Å². The van der Waals surface area contributed by atoms with E-state index in [0.717, 1.165) is 5.56 Å². The molecule has 0 saturated heterocycles. The summed E-state index contributed by atoms with van der Waals surface area (Å²) in [5, 5.41) is 0. The zero-order valence-corrected chi connectivity index (χ0v) is 9.38. The number of nitrogens with zero attached hydrogens (tertiary/aromatic N) is 1. The van der Waals surface area contributed by atoms with Gasteiger partial charge in [-0.1, -0.05) is 0 Å². The highest BCUT2D eigenvalue weighted by molar-refractivity contribution is 5.41. The quantitative estimate of drug-likeness (QED) is 0.819. The van der Waals surface area contributed by atoms with Crippen molar-refractivity contribution >= 4 is 0 Å². The maximum atomic E-state index is 13.5. The largest absolute Gasteiger partial charge is 0.496 e. The first kappa shape index (κ1) is 11.9. The first-order valence-corrected chi connectivity index (χ1v) is 4.79. The normalized spacial score (nSPS) is 10.8. The second-order valence-corrected chi connectivity index (χ2v) is 3.65. The van der Waals surface area contributed by atoms with Crippen LogP contribution >= 0.6 is 0 Å². The maximum Gasteiger partial charge on any atom is 0.128 e. The Morgan fingerprint density at radius 3 is 2.47 bits per heavy atom. The van der Waals surface area contributed by atoms with Crippen LogP contribution in [-0.4, -0.2) is 26.1 Å². The molecule has 1 aromatic carbocycles. The van der Waals surface area contributed by atoms with E-state index in [9.17, 15) is 4.39 Å². The lowest BCUT2D eigenvalue weighted by Gasteiger charge is -2.17. The van der Waals surface area contributed by atoms with Crippen molar-refractivity contribution in [2.75, 3.05) is 21.2 Å². The summed E-state index contributed by atoms with van der Waals surface area (Å²) in [6.07, 6.45) is 0. The van der Waals surface area contributed by atoms with E-state index in [2.05, 4.69) is 0 Å². The second-order valence-electron chi connectivity index (χ2n) is 3.65. The summed E-state index contributed by atoms with van der Waals surface area (Å²) in [6, 6.07) is 3.02. The molecule has 15 heavy (non-hydrogen) atoms. The number of methoxy groups -OCH3 is 1. The molecular weight excluding hydrogens is 195 g/mol. The second kappa shape index (κ2) is 5.09. The summed E-state index contributed by atoms with van der Waals surface area (Å²) in [6.45, 7) is 0.805. The Kier molecular flexibility index (Phi) is 4.05. The van der Waals surface area contributed by atoms with E-state index >= 15 is 0 Å². The Hall–Kier alpha value is -1.13. The minimum absolute atomic E-state index is 0.187. The molecule has 0 amide bonds. The van der Waals surface area contributed by atoms with Gasteiger partial charge in [0, 0.05) is 24.2 Å². The summed E-state index contributed by atoms with van der Waals surface area (Å²) in [5.74, 6) is 0.417. The van der Waals surface area contributed by atoms with Crippen LogP contribution in [0.15, 0.2) is 12.1 Å². The molecule has 0 fully saturated rings. The number of hydrogen-bond acceptors (Lipinski definition) is 3. The van der Waals surface area contributed by atoms with Gasteiger partial charge in [0.2, 0.25) is 0 Å². The molecule has 0 radical (unpaired) electrons. The average molecular weight is 212 g/mol. The van der Waals surface area contributed by atoms with Crippen molar-refractivity contribution in [2.45, 2.75) is 13.1 Å². The molecule has 84 valence electrons. The lowest BCUT2D eigenvalue weighted by Crippen LogP contribution is -2.15. The first-order chi connectivity index (χ1) is 7.10. The minimum Gasteiger partial charge on any atom is -0.496 e. The first-order valence-electron chi connectivity index (χ1n) is 4.79. The number of nitrogens with two attached hydrogens (primary N) is 1. The molecule has 0 aliphatic rings. The van der Waals surface area contributed by atoms with Gasteiger partial charge in [0.25, 0.3) is 0 Å². The van der Waals surface area contributed by atoms with E-state index in [0.29, 0.717) is 17.9 Å². The average Bonchev–Trinajstić information content (AvgIpc) is 2.18. The van der Waals surface area contributed by atoms with Crippen LogP contribution in [0.4, 0.5) is 4.39 Å². The van der Waals surface area contributed by atoms with Crippen molar-refractivity contribution in [1.82, 2.24) is 4.90 Å². The van der Waals surface area contributed by atoms with Crippen LogP contribution in [0.3, 0.4) is 0 Å². The third-order valence-corrected chi connectivity index (χ3v) is 2.23. The predicted molar refractivity (Wildman–Crippen MR) is 58.2 cm³/mol. The van der Waals surface area contributed by atoms with Gasteiger partial charge in [-0.05, 0) is 26.2 Å². The van der Waals surface area contributed by atoms with E-state index in [1.807, 2.05) is 19.0 Å². The van der Waals surface area contributed by atoms with Crippen molar-refractivity contribution in [3.63, 3.8) is 0 Å². The molecule has 0 spiro atoms.